The molecule has 1 atom stereocenters. The third-order valence-corrected chi connectivity index (χ3v) is 2.98. The molecule has 0 aromatic rings. The van der Waals surface area contributed by atoms with Gasteiger partial charge in [0.25, 0.3) is 0 Å². The Balaban J connectivity index is 1.86. The van der Waals surface area contributed by atoms with E-state index < -0.39 is 0 Å². The highest BCUT2D eigenvalue weighted by atomic mass is 16.1. The van der Waals surface area contributed by atoms with E-state index in [2.05, 4.69) is 10.6 Å². The van der Waals surface area contributed by atoms with Crippen LogP contribution >= 0.6 is 0 Å². The van der Waals surface area contributed by atoms with E-state index in [-0.39, 0.29) is 5.91 Å². The molecule has 0 saturated carbocycles. The predicted molar refractivity (Wildman–Crippen MR) is 46.8 cm³/mol. The number of piperidine rings is 1. The van der Waals surface area contributed by atoms with Crippen molar-refractivity contribution in [2.75, 3.05) is 13.1 Å². The number of hydrogen-bond donors (Lipinski definition) is 2. The summed E-state index contributed by atoms with van der Waals surface area (Å²) >= 11 is 0. The first-order valence-corrected chi connectivity index (χ1v) is 4.86. The number of hydrogen-bond acceptors (Lipinski definition) is 2. The fraction of sp³-hybridized carbons (Fsp3) is 0.889. The van der Waals surface area contributed by atoms with Gasteiger partial charge < -0.3 is 10.6 Å². The number of rotatable bonds is 1. The number of nitrogens with one attached hydrogen (secondary N) is 2. The molecule has 68 valence electrons. The minimum Gasteiger partial charge on any atom is -0.353 e. The van der Waals surface area contributed by atoms with Gasteiger partial charge >= 0.3 is 0 Å². The molecule has 0 aromatic carbocycles. The molecule has 2 heterocycles. The van der Waals surface area contributed by atoms with Gasteiger partial charge in [-0.2, -0.15) is 0 Å². The average Bonchev–Trinajstić information content (AvgIpc) is 2.54. The lowest BCUT2D eigenvalue weighted by Gasteiger charge is -2.27. The molecule has 2 rings (SSSR count). The Hall–Kier alpha value is -0.570. The van der Waals surface area contributed by atoms with Crippen molar-refractivity contribution in [2.24, 2.45) is 5.92 Å². The maximum Gasteiger partial charge on any atom is 0.220 e. The van der Waals surface area contributed by atoms with Crippen LogP contribution in [0.25, 0.3) is 0 Å². The van der Waals surface area contributed by atoms with E-state index in [0.717, 1.165) is 31.8 Å². The van der Waals surface area contributed by atoms with Crippen LogP contribution in [0.2, 0.25) is 0 Å². The van der Waals surface area contributed by atoms with Crippen LogP contribution in [0.1, 0.15) is 25.7 Å². The summed E-state index contributed by atoms with van der Waals surface area (Å²) in [5.74, 6) is 0.983. The van der Waals surface area contributed by atoms with Gasteiger partial charge in [0, 0.05) is 12.5 Å². The Kier molecular flexibility index (Phi) is 2.30. The average molecular weight is 168 g/mol. The molecule has 1 unspecified atom stereocenters. The maximum atomic E-state index is 11.0. The van der Waals surface area contributed by atoms with Gasteiger partial charge in [-0.25, -0.2) is 0 Å². The Morgan fingerprint density at radius 2 is 1.92 bits per heavy atom. The van der Waals surface area contributed by atoms with Gasteiger partial charge in [0.1, 0.15) is 0 Å². The Bertz CT molecular complexity index is 175. The van der Waals surface area contributed by atoms with Crippen LogP contribution in [-0.4, -0.2) is 25.0 Å². The van der Waals surface area contributed by atoms with Gasteiger partial charge in [-0.15, -0.1) is 0 Å². The second kappa shape index (κ2) is 3.44. The molecule has 0 spiro atoms. The second-order valence-corrected chi connectivity index (χ2v) is 3.80. The molecular formula is C9H16N2O. The third-order valence-electron chi connectivity index (χ3n) is 2.98. The number of carbonyl (C=O) groups excluding carboxylic acids is 1. The lowest BCUT2D eigenvalue weighted by atomic mass is 9.89. The summed E-state index contributed by atoms with van der Waals surface area (Å²) in [4.78, 5) is 11.0. The van der Waals surface area contributed by atoms with Gasteiger partial charge in [-0.1, -0.05) is 0 Å². The summed E-state index contributed by atoms with van der Waals surface area (Å²) in [5, 5.41) is 6.39. The van der Waals surface area contributed by atoms with E-state index in [1.807, 2.05) is 0 Å². The minimum absolute atomic E-state index is 0.249. The van der Waals surface area contributed by atoms with Crippen LogP contribution in [0.4, 0.5) is 0 Å². The van der Waals surface area contributed by atoms with Crippen molar-refractivity contribution in [1.29, 1.82) is 0 Å². The van der Waals surface area contributed by atoms with Crippen molar-refractivity contribution in [3.8, 4) is 0 Å². The Labute approximate surface area is 72.9 Å². The van der Waals surface area contributed by atoms with E-state index in [9.17, 15) is 4.79 Å². The summed E-state index contributed by atoms with van der Waals surface area (Å²) in [7, 11) is 0. The van der Waals surface area contributed by atoms with Crippen LogP contribution in [0.3, 0.4) is 0 Å². The summed E-state index contributed by atoms with van der Waals surface area (Å²) in [6, 6.07) is 0.486. The first-order valence-electron chi connectivity index (χ1n) is 4.86. The van der Waals surface area contributed by atoms with Crippen LogP contribution in [-0.2, 0) is 4.79 Å². The van der Waals surface area contributed by atoms with Crippen LogP contribution in [0.5, 0.6) is 0 Å². The molecule has 2 fully saturated rings. The topological polar surface area (TPSA) is 41.1 Å². The van der Waals surface area contributed by atoms with Gasteiger partial charge in [0.2, 0.25) is 5.91 Å². The van der Waals surface area contributed by atoms with Crippen molar-refractivity contribution in [3.63, 3.8) is 0 Å². The molecule has 0 bridgehead atoms. The SMILES string of the molecule is O=C1CCC(C2CCNCC2)N1. The smallest absolute Gasteiger partial charge is 0.220 e. The van der Waals surface area contributed by atoms with Crippen molar-refractivity contribution >= 4 is 5.91 Å². The summed E-state index contributed by atoms with van der Waals surface area (Å²) in [6.07, 6.45) is 4.26. The fourth-order valence-corrected chi connectivity index (χ4v) is 2.24. The van der Waals surface area contributed by atoms with Crippen molar-refractivity contribution in [3.05, 3.63) is 0 Å². The van der Waals surface area contributed by atoms with E-state index in [0.29, 0.717) is 6.04 Å². The summed E-state index contributed by atoms with van der Waals surface area (Å²) in [5.41, 5.74) is 0. The van der Waals surface area contributed by atoms with Crippen LogP contribution in [0.15, 0.2) is 0 Å². The van der Waals surface area contributed by atoms with E-state index in [1.54, 1.807) is 0 Å². The van der Waals surface area contributed by atoms with Gasteiger partial charge in [-0.3, -0.25) is 4.79 Å². The molecule has 0 aromatic heterocycles. The first kappa shape index (κ1) is 8.05. The van der Waals surface area contributed by atoms with Gasteiger partial charge in [0.15, 0.2) is 0 Å². The predicted octanol–water partition coefficient (Wildman–Crippen LogP) is 0.265. The zero-order valence-corrected chi connectivity index (χ0v) is 7.31. The van der Waals surface area contributed by atoms with E-state index in [4.69, 9.17) is 0 Å². The molecule has 0 radical (unpaired) electrons. The molecule has 3 nitrogen and oxygen atoms in total. The lowest BCUT2D eigenvalue weighted by molar-refractivity contribution is -0.119. The Morgan fingerprint density at radius 1 is 1.17 bits per heavy atom. The zero-order valence-electron chi connectivity index (χ0n) is 7.31. The molecule has 2 N–H and O–H groups in total. The molecular weight excluding hydrogens is 152 g/mol. The highest BCUT2D eigenvalue weighted by Crippen LogP contribution is 2.22. The highest BCUT2D eigenvalue weighted by molar-refractivity contribution is 5.78. The van der Waals surface area contributed by atoms with Crippen molar-refractivity contribution in [1.82, 2.24) is 10.6 Å². The molecule has 1 amide bonds. The molecule has 2 aliphatic heterocycles. The molecule has 0 aliphatic carbocycles. The lowest BCUT2D eigenvalue weighted by Crippen LogP contribution is -2.39. The highest BCUT2D eigenvalue weighted by Gasteiger charge is 2.29. The van der Waals surface area contributed by atoms with Crippen LogP contribution < -0.4 is 10.6 Å². The normalized spacial score (nSPS) is 32.0. The van der Waals surface area contributed by atoms with Gasteiger partial charge in [-0.05, 0) is 38.3 Å². The quantitative estimate of drug-likeness (QED) is 0.590. The zero-order chi connectivity index (χ0) is 8.39. The molecule has 2 aliphatic rings. The van der Waals surface area contributed by atoms with Crippen LogP contribution in [0, 0.1) is 5.92 Å². The number of carbonyl (C=O) groups is 1. The minimum atomic E-state index is 0.249. The third kappa shape index (κ3) is 1.61. The van der Waals surface area contributed by atoms with E-state index in [1.165, 1.54) is 12.8 Å². The molecule has 12 heavy (non-hydrogen) atoms. The van der Waals surface area contributed by atoms with Crippen molar-refractivity contribution < 1.29 is 4.79 Å². The number of amides is 1. The molecule has 2 saturated heterocycles. The summed E-state index contributed by atoms with van der Waals surface area (Å²) in [6.45, 7) is 2.24. The largest absolute Gasteiger partial charge is 0.353 e. The second-order valence-electron chi connectivity index (χ2n) is 3.80. The monoisotopic (exact) mass is 168 g/mol. The van der Waals surface area contributed by atoms with E-state index >= 15 is 0 Å². The summed E-state index contributed by atoms with van der Waals surface area (Å²) < 4.78 is 0. The van der Waals surface area contributed by atoms with Gasteiger partial charge in [0.05, 0.1) is 0 Å². The Morgan fingerprint density at radius 3 is 2.50 bits per heavy atom. The first-order chi connectivity index (χ1) is 5.86. The fourth-order valence-electron chi connectivity index (χ4n) is 2.24. The molecule has 3 heteroatoms. The standard InChI is InChI=1S/C9H16N2O/c12-9-2-1-8(11-9)7-3-5-10-6-4-7/h7-8,10H,1-6H2,(H,11,12). The maximum absolute atomic E-state index is 11.0. The van der Waals surface area contributed by atoms with Crippen molar-refractivity contribution in [2.45, 2.75) is 31.7 Å².